The van der Waals surface area contributed by atoms with Crippen LogP contribution in [-0.4, -0.2) is 22.6 Å². The molecule has 1 unspecified atom stereocenters. The molecule has 0 saturated heterocycles. The number of rotatable bonds is 7. The highest BCUT2D eigenvalue weighted by Crippen LogP contribution is 2.22. The first-order valence-electron chi connectivity index (χ1n) is 6.71. The zero-order chi connectivity index (χ0) is 13.5. The number of nitrogens with zero attached hydrogens (tertiary/aromatic N) is 2. The van der Waals surface area contributed by atoms with Crippen molar-refractivity contribution in [2.75, 3.05) is 6.61 Å². The van der Waals surface area contributed by atoms with Gasteiger partial charge in [-0.1, -0.05) is 27.7 Å². The van der Waals surface area contributed by atoms with Crippen LogP contribution in [0.5, 0.6) is 0 Å². The van der Waals surface area contributed by atoms with E-state index in [0.717, 1.165) is 18.1 Å². The van der Waals surface area contributed by atoms with Crippen LogP contribution < -0.4 is 5.32 Å². The molecular weight excluding hydrogens is 226 g/mol. The molecule has 0 aliphatic rings. The van der Waals surface area contributed by atoms with Crippen LogP contribution in [-0.2, 0) is 11.3 Å². The summed E-state index contributed by atoms with van der Waals surface area (Å²) >= 11 is 0. The Morgan fingerprint density at radius 3 is 2.56 bits per heavy atom. The highest BCUT2D eigenvalue weighted by molar-refractivity contribution is 5.04. The zero-order valence-corrected chi connectivity index (χ0v) is 12.1. The molecular formula is C14H25N3O. The number of hydrogen-bond donors (Lipinski definition) is 1. The first kappa shape index (κ1) is 15.1. The van der Waals surface area contributed by atoms with Gasteiger partial charge < -0.3 is 10.1 Å². The maximum atomic E-state index is 5.72. The maximum Gasteiger partial charge on any atom is 0.157 e. The molecule has 102 valence electrons. The average molecular weight is 251 g/mol. The molecule has 0 amide bonds. The Kier molecular flexibility index (Phi) is 6.22. The van der Waals surface area contributed by atoms with E-state index in [4.69, 9.17) is 4.74 Å². The van der Waals surface area contributed by atoms with E-state index >= 15 is 0 Å². The maximum absolute atomic E-state index is 5.72. The number of nitrogens with one attached hydrogen (secondary N) is 1. The molecule has 0 bridgehead atoms. The van der Waals surface area contributed by atoms with Crippen molar-refractivity contribution in [2.24, 2.45) is 5.92 Å². The summed E-state index contributed by atoms with van der Waals surface area (Å²) in [5.41, 5.74) is 1.01. The quantitative estimate of drug-likeness (QED) is 0.809. The molecule has 0 aromatic carbocycles. The number of aromatic nitrogens is 2. The van der Waals surface area contributed by atoms with E-state index in [1.807, 2.05) is 19.2 Å². The van der Waals surface area contributed by atoms with Gasteiger partial charge in [-0.2, -0.15) is 0 Å². The van der Waals surface area contributed by atoms with Gasteiger partial charge in [0.15, 0.2) is 5.82 Å². The molecule has 1 heterocycles. The normalized spacial score (nSPS) is 13.3. The Balaban J connectivity index is 2.78. The van der Waals surface area contributed by atoms with Crippen LogP contribution in [0.2, 0.25) is 0 Å². The summed E-state index contributed by atoms with van der Waals surface area (Å²) in [7, 11) is 0. The van der Waals surface area contributed by atoms with Gasteiger partial charge in [-0.3, -0.25) is 0 Å². The van der Waals surface area contributed by atoms with Crippen molar-refractivity contribution >= 4 is 0 Å². The van der Waals surface area contributed by atoms with Gasteiger partial charge in [0.1, 0.15) is 6.10 Å². The lowest BCUT2D eigenvalue weighted by Gasteiger charge is -2.19. The second-order valence-electron chi connectivity index (χ2n) is 5.06. The van der Waals surface area contributed by atoms with Gasteiger partial charge in [-0.25, -0.2) is 9.97 Å². The fraction of sp³-hybridized carbons (Fsp3) is 0.714. The molecule has 0 fully saturated rings. The fourth-order valence-corrected chi connectivity index (χ4v) is 1.70. The minimum atomic E-state index is -0.0194. The third-order valence-corrected chi connectivity index (χ3v) is 2.63. The number of hydrogen-bond acceptors (Lipinski definition) is 4. The Bertz CT molecular complexity index is 353. The highest BCUT2D eigenvalue weighted by atomic mass is 16.5. The second-order valence-corrected chi connectivity index (χ2v) is 5.06. The van der Waals surface area contributed by atoms with Gasteiger partial charge in [0.05, 0.1) is 5.69 Å². The Hall–Kier alpha value is -1.00. The van der Waals surface area contributed by atoms with Crippen molar-refractivity contribution in [2.45, 2.75) is 53.3 Å². The van der Waals surface area contributed by atoms with Gasteiger partial charge in [-0.15, -0.1) is 0 Å². The minimum absolute atomic E-state index is 0.0194. The first-order valence-corrected chi connectivity index (χ1v) is 6.71. The van der Waals surface area contributed by atoms with Crippen LogP contribution in [0.15, 0.2) is 12.3 Å². The standard InChI is InChI=1S/C14H25N3O/c1-6-18-13(10(2)3)14-15-8-7-12(17-14)9-16-11(4)5/h7-8,10-11,13,16H,6,9H2,1-5H3. The van der Waals surface area contributed by atoms with Crippen molar-refractivity contribution in [3.63, 3.8) is 0 Å². The lowest BCUT2D eigenvalue weighted by atomic mass is 10.1. The van der Waals surface area contributed by atoms with E-state index in [2.05, 4.69) is 43.0 Å². The third-order valence-electron chi connectivity index (χ3n) is 2.63. The van der Waals surface area contributed by atoms with Gasteiger partial charge >= 0.3 is 0 Å². The van der Waals surface area contributed by atoms with Crippen molar-refractivity contribution in [1.82, 2.24) is 15.3 Å². The van der Waals surface area contributed by atoms with Gasteiger partial charge in [0.25, 0.3) is 0 Å². The summed E-state index contributed by atoms with van der Waals surface area (Å²) in [4.78, 5) is 8.93. The molecule has 1 aromatic heterocycles. The van der Waals surface area contributed by atoms with E-state index in [-0.39, 0.29) is 6.10 Å². The fourth-order valence-electron chi connectivity index (χ4n) is 1.70. The molecule has 0 radical (unpaired) electrons. The molecule has 0 spiro atoms. The van der Waals surface area contributed by atoms with Gasteiger partial charge in [0.2, 0.25) is 0 Å². The largest absolute Gasteiger partial charge is 0.370 e. The topological polar surface area (TPSA) is 47.0 Å². The van der Waals surface area contributed by atoms with Crippen molar-refractivity contribution in [3.8, 4) is 0 Å². The molecule has 18 heavy (non-hydrogen) atoms. The van der Waals surface area contributed by atoms with Crippen LogP contribution in [0.1, 0.15) is 52.2 Å². The predicted octanol–water partition coefficient (Wildman–Crippen LogP) is 2.71. The van der Waals surface area contributed by atoms with E-state index in [9.17, 15) is 0 Å². The third kappa shape index (κ3) is 4.70. The minimum Gasteiger partial charge on any atom is -0.370 e. The Labute approximate surface area is 110 Å². The van der Waals surface area contributed by atoms with Crippen molar-refractivity contribution in [3.05, 3.63) is 23.8 Å². The summed E-state index contributed by atoms with van der Waals surface area (Å²) in [5.74, 6) is 1.16. The summed E-state index contributed by atoms with van der Waals surface area (Å²) in [5, 5.41) is 3.36. The van der Waals surface area contributed by atoms with Gasteiger partial charge in [-0.05, 0) is 18.9 Å². The molecule has 0 saturated carbocycles. The van der Waals surface area contributed by atoms with Crippen molar-refractivity contribution in [1.29, 1.82) is 0 Å². The van der Waals surface area contributed by atoms with Crippen LogP contribution >= 0.6 is 0 Å². The summed E-state index contributed by atoms with van der Waals surface area (Å²) in [6, 6.07) is 2.40. The van der Waals surface area contributed by atoms with Crippen LogP contribution in [0, 0.1) is 5.92 Å². The number of ether oxygens (including phenoxy) is 1. The van der Waals surface area contributed by atoms with E-state index < -0.39 is 0 Å². The second kappa shape index (κ2) is 7.44. The monoisotopic (exact) mass is 251 g/mol. The predicted molar refractivity (Wildman–Crippen MR) is 73.2 cm³/mol. The Morgan fingerprint density at radius 2 is 2.00 bits per heavy atom. The lowest BCUT2D eigenvalue weighted by Crippen LogP contribution is -2.23. The van der Waals surface area contributed by atoms with Crippen LogP contribution in [0.25, 0.3) is 0 Å². The SMILES string of the molecule is CCOC(c1nccc(CNC(C)C)n1)C(C)C. The summed E-state index contributed by atoms with van der Waals surface area (Å²) < 4.78 is 5.72. The zero-order valence-electron chi connectivity index (χ0n) is 12.1. The smallest absolute Gasteiger partial charge is 0.157 e. The average Bonchev–Trinajstić information content (AvgIpc) is 2.33. The molecule has 0 aliphatic carbocycles. The van der Waals surface area contributed by atoms with Crippen molar-refractivity contribution < 1.29 is 4.74 Å². The molecule has 1 N–H and O–H groups in total. The van der Waals surface area contributed by atoms with E-state index in [0.29, 0.717) is 18.6 Å². The van der Waals surface area contributed by atoms with Crippen LogP contribution in [0.3, 0.4) is 0 Å². The van der Waals surface area contributed by atoms with Crippen LogP contribution in [0.4, 0.5) is 0 Å². The molecule has 4 heteroatoms. The highest BCUT2D eigenvalue weighted by Gasteiger charge is 2.19. The molecule has 1 atom stereocenters. The van der Waals surface area contributed by atoms with E-state index in [1.165, 1.54) is 0 Å². The summed E-state index contributed by atoms with van der Waals surface area (Å²) in [6.45, 7) is 12.0. The molecule has 1 aromatic rings. The molecule has 0 aliphatic heterocycles. The molecule has 1 rings (SSSR count). The van der Waals surface area contributed by atoms with Gasteiger partial charge in [0, 0.05) is 25.4 Å². The van der Waals surface area contributed by atoms with E-state index in [1.54, 1.807) is 0 Å². The lowest BCUT2D eigenvalue weighted by molar-refractivity contribution is 0.0230. The Morgan fingerprint density at radius 1 is 1.28 bits per heavy atom. The summed E-state index contributed by atoms with van der Waals surface area (Å²) in [6.07, 6.45) is 1.79. The molecule has 4 nitrogen and oxygen atoms in total. The first-order chi connectivity index (χ1) is 8.54.